The van der Waals surface area contributed by atoms with Gasteiger partial charge in [-0.15, -0.1) is 11.3 Å². The summed E-state index contributed by atoms with van der Waals surface area (Å²) in [6.07, 6.45) is 2.29. The molecule has 1 aromatic carbocycles. The highest BCUT2D eigenvalue weighted by Gasteiger charge is 2.29. The lowest BCUT2D eigenvalue weighted by Gasteiger charge is -2.17. The summed E-state index contributed by atoms with van der Waals surface area (Å²) < 4.78 is 0. The first-order valence-corrected chi connectivity index (χ1v) is 8.52. The van der Waals surface area contributed by atoms with Crippen molar-refractivity contribution >= 4 is 11.3 Å². The first-order valence-electron chi connectivity index (χ1n) is 7.70. The molecule has 112 valence electrons. The molecule has 1 aromatic heterocycles. The number of fused-ring (bicyclic) bond motifs is 1. The summed E-state index contributed by atoms with van der Waals surface area (Å²) in [5.74, 6) is 0.569. The molecule has 0 spiro atoms. The molecule has 3 rings (SSSR count). The first kappa shape index (κ1) is 14.7. The van der Waals surface area contributed by atoms with Crippen LogP contribution in [0.3, 0.4) is 0 Å². The van der Waals surface area contributed by atoms with Crippen molar-refractivity contribution < 1.29 is 0 Å². The Labute approximate surface area is 131 Å². The highest BCUT2D eigenvalue weighted by molar-refractivity contribution is 7.11. The maximum Gasteiger partial charge on any atom is 0.0969 e. The second kappa shape index (κ2) is 5.54. The summed E-state index contributed by atoms with van der Waals surface area (Å²) in [5, 5.41) is 4.61. The van der Waals surface area contributed by atoms with Gasteiger partial charge >= 0.3 is 0 Å². The lowest BCUT2D eigenvalue weighted by atomic mass is 9.91. The number of hydrogen-bond acceptors (Lipinski definition) is 3. The van der Waals surface area contributed by atoms with E-state index in [0.717, 1.165) is 19.4 Å². The molecule has 1 aliphatic rings. The quantitative estimate of drug-likeness (QED) is 0.925. The van der Waals surface area contributed by atoms with Crippen molar-refractivity contribution in [3.8, 4) is 0 Å². The maximum absolute atomic E-state index is 5.04. The van der Waals surface area contributed by atoms with E-state index in [2.05, 4.69) is 50.4 Å². The van der Waals surface area contributed by atoms with E-state index in [0.29, 0.717) is 5.92 Å². The van der Waals surface area contributed by atoms with Crippen LogP contribution in [-0.4, -0.2) is 12.0 Å². The average molecular weight is 300 g/mol. The van der Waals surface area contributed by atoms with Gasteiger partial charge in [-0.1, -0.05) is 45.0 Å². The molecule has 3 heteroatoms. The van der Waals surface area contributed by atoms with Crippen molar-refractivity contribution in [1.29, 1.82) is 0 Å². The number of benzene rings is 1. The van der Waals surface area contributed by atoms with Crippen molar-refractivity contribution in [2.24, 2.45) is 0 Å². The van der Waals surface area contributed by atoms with Gasteiger partial charge in [0.15, 0.2) is 0 Å². The van der Waals surface area contributed by atoms with Gasteiger partial charge in [0, 0.05) is 22.8 Å². The Kier molecular flexibility index (Phi) is 3.89. The Morgan fingerprint density at radius 2 is 1.81 bits per heavy atom. The molecule has 0 fully saturated rings. The van der Waals surface area contributed by atoms with Crippen LogP contribution >= 0.6 is 11.3 Å². The summed E-state index contributed by atoms with van der Waals surface area (Å²) in [4.78, 5) is 6.44. The Bertz CT molecular complexity index is 612. The van der Waals surface area contributed by atoms with Crippen LogP contribution in [0.5, 0.6) is 0 Å². The Hall–Kier alpha value is -1.19. The van der Waals surface area contributed by atoms with Gasteiger partial charge in [0.05, 0.1) is 10.7 Å². The topological polar surface area (TPSA) is 24.9 Å². The van der Waals surface area contributed by atoms with E-state index < -0.39 is 0 Å². The van der Waals surface area contributed by atoms with Gasteiger partial charge in [-0.3, -0.25) is 0 Å². The van der Waals surface area contributed by atoms with Gasteiger partial charge in [0.25, 0.3) is 0 Å². The van der Waals surface area contributed by atoms with Crippen LogP contribution in [0.4, 0.5) is 0 Å². The second-order valence-electron chi connectivity index (χ2n) is 6.98. The van der Waals surface area contributed by atoms with Crippen LogP contribution < -0.4 is 5.32 Å². The Morgan fingerprint density at radius 3 is 2.33 bits per heavy atom. The van der Waals surface area contributed by atoms with E-state index >= 15 is 0 Å². The Morgan fingerprint density at radius 1 is 1.19 bits per heavy atom. The largest absolute Gasteiger partial charge is 0.315 e. The van der Waals surface area contributed by atoms with Crippen LogP contribution in [0.25, 0.3) is 0 Å². The summed E-state index contributed by atoms with van der Waals surface area (Å²) in [7, 11) is 2.01. The fourth-order valence-corrected chi connectivity index (χ4v) is 4.53. The number of thiazole rings is 1. The molecule has 0 unspecified atom stereocenters. The number of rotatable bonds is 3. The van der Waals surface area contributed by atoms with E-state index in [9.17, 15) is 0 Å². The first-order chi connectivity index (χ1) is 9.99. The van der Waals surface area contributed by atoms with Gasteiger partial charge in [0.2, 0.25) is 0 Å². The third kappa shape index (κ3) is 2.90. The van der Waals surface area contributed by atoms with Gasteiger partial charge in [-0.05, 0) is 31.0 Å². The monoisotopic (exact) mass is 300 g/mol. The summed E-state index contributed by atoms with van der Waals surface area (Å²) in [5.41, 5.74) is 4.40. The second-order valence-corrected chi connectivity index (χ2v) is 8.09. The minimum atomic E-state index is 0.117. The minimum Gasteiger partial charge on any atom is -0.315 e. The molecule has 0 aliphatic heterocycles. The van der Waals surface area contributed by atoms with Crippen molar-refractivity contribution in [2.45, 2.75) is 51.5 Å². The van der Waals surface area contributed by atoms with Crippen LogP contribution in [0.1, 0.15) is 53.4 Å². The molecule has 2 aromatic rings. The van der Waals surface area contributed by atoms with Crippen molar-refractivity contribution in [2.75, 3.05) is 7.05 Å². The smallest absolute Gasteiger partial charge is 0.0969 e. The van der Waals surface area contributed by atoms with E-state index in [1.807, 2.05) is 18.4 Å². The molecule has 0 bridgehead atoms. The maximum atomic E-state index is 5.04. The summed E-state index contributed by atoms with van der Waals surface area (Å²) in [6.45, 7) is 7.70. The highest BCUT2D eigenvalue weighted by atomic mass is 32.1. The van der Waals surface area contributed by atoms with Gasteiger partial charge in [0.1, 0.15) is 0 Å². The normalized spacial score (nSPS) is 15.4. The van der Waals surface area contributed by atoms with Gasteiger partial charge in [-0.25, -0.2) is 4.98 Å². The molecular weight excluding hydrogens is 276 g/mol. The van der Waals surface area contributed by atoms with Gasteiger partial charge in [-0.2, -0.15) is 0 Å². The summed E-state index contributed by atoms with van der Waals surface area (Å²) in [6, 6.07) is 8.83. The van der Waals surface area contributed by atoms with Crippen LogP contribution in [-0.2, 0) is 24.8 Å². The number of nitrogens with zero attached hydrogens (tertiary/aromatic N) is 1. The van der Waals surface area contributed by atoms with E-state index in [1.165, 1.54) is 26.7 Å². The zero-order valence-corrected chi connectivity index (χ0v) is 14.2. The van der Waals surface area contributed by atoms with E-state index in [-0.39, 0.29) is 5.41 Å². The SMILES string of the molecule is CNCc1sc(C2Cc3ccccc3C2)nc1C(C)(C)C. The molecule has 0 saturated carbocycles. The van der Waals surface area contributed by atoms with Crippen molar-refractivity contribution in [3.05, 3.63) is 51.0 Å². The molecule has 1 heterocycles. The van der Waals surface area contributed by atoms with Crippen molar-refractivity contribution in [3.63, 3.8) is 0 Å². The lowest BCUT2D eigenvalue weighted by Crippen LogP contribution is -2.16. The number of hydrogen-bond donors (Lipinski definition) is 1. The molecule has 0 saturated heterocycles. The zero-order chi connectivity index (χ0) is 15.0. The molecule has 21 heavy (non-hydrogen) atoms. The minimum absolute atomic E-state index is 0.117. The zero-order valence-electron chi connectivity index (χ0n) is 13.4. The standard InChI is InChI=1S/C18H24N2S/c1-18(2,3)16-15(11-19-4)21-17(20-16)14-9-12-7-5-6-8-13(12)10-14/h5-8,14,19H,9-11H2,1-4H3. The fourth-order valence-electron chi connectivity index (χ4n) is 3.14. The van der Waals surface area contributed by atoms with Crippen LogP contribution in [0, 0.1) is 0 Å². The highest BCUT2D eigenvalue weighted by Crippen LogP contribution is 2.39. The predicted octanol–water partition coefficient (Wildman–Crippen LogP) is 4.04. The van der Waals surface area contributed by atoms with Crippen LogP contribution in [0.15, 0.2) is 24.3 Å². The molecule has 0 radical (unpaired) electrons. The molecular formula is C18H24N2S. The lowest BCUT2D eigenvalue weighted by molar-refractivity contribution is 0.558. The third-order valence-electron chi connectivity index (χ3n) is 4.16. The number of aromatic nitrogens is 1. The predicted molar refractivity (Wildman–Crippen MR) is 90.2 cm³/mol. The van der Waals surface area contributed by atoms with E-state index in [1.54, 1.807) is 0 Å². The van der Waals surface area contributed by atoms with E-state index in [4.69, 9.17) is 4.98 Å². The third-order valence-corrected chi connectivity index (χ3v) is 5.38. The molecule has 2 nitrogen and oxygen atoms in total. The molecule has 1 aliphatic carbocycles. The average Bonchev–Trinajstić information content (AvgIpc) is 3.01. The molecule has 0 atom stereocenters. The molecule has 0 amide bonds. The fraction of sp³-hybridized carbons (Fsp3) is 0.500. The summed E-state index contributed by atoms with van der Waals surface area (Å²) >= 11 is 1.91. The van der Waals surface area contributed by atoms with Crippen LogP contribution in [0.2, 0.25) is 0 Å². The number of nitrogens with one attached hydrogen (secondary N) is 1. The van der Waals surface area contributed by atoms with Crippen molar-refractivity contribution in [1.82, 2.24) is 10.3 Å². The Balaban J connectivity index is 1.91. The molecule has 1 N–H and O–H groups in total. The van der Waals surface area contributed by atoms with Gasteiger partial charge < -0.3 is 5.32 Å².